The molecule has 0 heteroatoms. The summed E-state index contributed by atoms with van der Waals surface area (Å²) in [6.07, 6.45) is 5.53. The minimum atomic E-state index is 0.459. The molecule has 0 aromatic rings. The average molecular weight is 238 g/mol. The molecular weight excluding hydrogens is 204 g/mol. The molecule has 0 aromatic heterocycles. The molecule has 0 heterocycles. The molecule has 1 fully saturated rings. The van der Waals surface area contributed by atoms with Crippen LogP contribution in [0.3, 0.4) is 0 Å². The van der Waals surface area contributed by atoms with Gasteiger partial charge in [-0.25, -0.2) is 0 Å². The summed E-state index contributed by atoms with van der Waals surface area (Å²) in [6, 6.07) is 0. The van der Waals surface area contributed by atoms with Crippen molar-refractivity contribution < 1.29 is 0 Å². The summed E-state index contributed by atoms with van der Waals surface area (Å²) in [5.74, 6) is 1.80. The Kier molecular flexibility index (Phi) is 4.07. The second kappa shape index (κ2) is 4.59. The average Bonchev–Trinajstić information content (AvgIpc) is 2.53. The zero-order valence-electron chi connectivity index (χ0n) is 13.5. The fraction of sp³-hybridized carbons (Fsp3) is 1.00. The molecule has 0 aliphatic heterocycles. The van der Waals surface area contributed by atoms with Crippen LogP contribution < -0.4 is 0 Å². The Morgan fingerprint density at radius 3 is 1.76 bits per heavy atom. The van der Waals surface area contributed by atoms with E-state index in [1.807, 2.05) is 0 Å². The van der Waals surface area contributed by atoms with Crippen LogP contribution in [-0.4, -0.2) is 0 Å². The zero-order chi connectivity index (χ0) is 13.5. The van der Waals surface area contributed by atoms with Crippen molar-refractivity contribution in [3.63, 3.8) is 0 Å². The molecule has 0 nitrogen and oxygen atoms in total. The standard InChI is InChI=1S/C17H34/c1-9-17(8,10-2)13-11-14(15(3,4)5)16(6,7)12-13/h13-14H,9-12H2,1-8H3. The van der Waals surface area contributed by atoms with Gasteiger partial charge in [0.1, 0.15) is 0 Å². The Morgan fingerprint density at radius 1 is 1.00 bits per heavy atom. The van der Waals surface area contributed by atoms with E-state index in [9.17, 15) is 0 Å². The van der Waals surface area contributed by atoms with Crippen molar-refractivity contribution in [1.82, 2.24) is 0 Å². The van der Waals surface area contributed by atoms with Gasteiger partial charge < -0.3 is 0 Å². The van der Waals surface area contributed by atoms with E-state index >= 15 is 0 Å². The molecule has 0 saturated heterocycles. The van der Waals surface area contributed by atoms with Gasteiger partial charge in [0.15, 0.2) is 0 Å². The smallest absolute Gasteiger partial charge is 0.0302 e. The minimum absolute atomic E-state index is 0.459. The number of hydrogen-bond donors (Lipinski definition) is 0. The third kappa shape index (κ3) is 2.88. The number of rotatable bonds is 3. The lowest BCUT2D eigenvalue weighted by molar-refractivity contribution is 0.120. The SMILES string of the molecule is CCC(C)(CC)C1CC(C(C)(C)C)C(C)(C)C1. The van der Waals surface area contributed by atoms with Gasteiger partial charge in [0.05, 0.1) is 0 Å². The summed E-state index contributed by atoms with van der Waals surface area (Å²) in [7, 11) is 0. The van der Waals surface area contributed by atoms with Crippen molar-refractivity contribution in [3.8, 4) is 0 Å². The van der Waals surface area contributed by atoms with Gasteiger partial charge in [-0.15, -0.1) is 0 Å². The minimum Gasteiger partial charge on any atom is -0.0649 e. The highest BCUT2D eigenvalue weighted by atomic mass is 14.5. The molecule has 102 valence electrons. The molecule has 0 bridgehead atoms. The van der Waals surface area contributed by atoms with E-state index in [1.165, 1.54) is 25.7 Å². The Balaban J connectivity index is 2.92. The van der Waals surface area contributed by atoms with Crippen LogP contribution in [0.4, 0.5) is 0 Å². The molecule has 1 aliphatic rings. The summed E-state index contributed by atoms with van der Waals surface area (Å²) in [6.45, 7) is 19.5. The summed E-state index contributed by atoms with van der Waals surface area (Å²) in [5, 5.41) is 0. The van der Waals surface area contributed by atoms with Crippen molar-refractivity contribution >= 4 is 0 Å². The Hall–Kier alpha value is 0. The van der Waals surface area contributed by atoms with Gasteiger partial charge in [0.2, 0.25) is 0 Å². The van der Waals surface area contributed by atoms with E-state index in [-0.39, 0.29) is 0 Å². The number of hydrogen-bond acceptors (Lipinski definition) is 0. The molecule has 0 aromatic carbocycles. The maximum atomic E-state index is 2.51. The summed E-state index contributed by atoms with van der Waals surface area (Å²) >= 11 is 0. The molecule has 17 heavy (non-hydrogen) atoms. The van der Waals surface area contributed by atoms with Crippen LogP contribution in [0.25, 0.3) is 0 Å². The normalized spacial score (nSPS) is 29.6. The Morgan fingerprint density at radius 2 is 1.47 bits per heavy atom. The van der Waals surface area contributed by atoms with Crippen LogP contribution in [0.2, 0.25) is 0 Å². The maximum Gasteiger partial charge on any atom is -0.0302 e. The summed E-state index contributed by atoms with van der Waals surface area (Å²) in [5.41, 5.74) is 1.55. The van der Waals surface area contributed by atoms with E-state index in [0.717, 1.165) is 11.8 Å². The van der Waals surface area contributed by atoms with E-state index in [1.54, 1.807) is 0 Å². The fourth-order valence-electron chi connectivity index (χ4n) is 4.35. The van der Waals surface area contributed by atoms with Crippen molar-refractivity contribution in [2.45, 2.75) is 81.1 Å². The lowest BCUT2D eigenvalue weighted by atomic mass is 9.68. The predicted octanol–water partition coefficient (Wildman–Crippen LogP) is 5.91. The molecule has 2 unspecified atom stereocenters. The van der Waals surface area contributed by atoms with Crippen molar-refractivity contribution in [1.29, 1.82) is 0 Å². The molecule has 2 atom stereocenters. The summed E-state index contributed by atoms with van der Waals surface area (Å²) in [4.78, 5) is 0. The first-order valence-corrected chi connectivity index (χ1v) is 7.57. The van der Waals surface area contributed by atoms with E-state index in [0.29, 0.717) is 16.2 Å². The highest BCUT2D eigenvalue weighted by molar-refractivity contribution is 4.99. The molecule has 1 aliphatic carbocycles. The highest BCUT2D eigenvalue weighted by Gasteiger charge is 2.49. The quantitative estimate of drug-likeness (QED) is 0.573. The maximum absolute atomic E-state index is 2.51. The second-order valence-corrected chi connectivity index (χ2v) is 8.41. The summed E-state index contributed by atoms with van der Waals surface area (Å²) < 4.78 is 0. The predicted molar refractivity (Wildman–Crippen MR) is 78.1 cm³/mol. The van der Waals surface area contributed by atoms with Crippen LogP contribution >= 0.6 is 0 Å². The van der Waals surface area contributed by atoms with Gasteiger partial charge in [0.25, 0.3) is 0 Å². The van der Waals surface area contributed by atoms with E-state index < -0.39 is 0 Å². The van der Waals surface area contributed by atoms with Crippen molar-refractivity contribution in [2.75, 3.05) is 0 Å². The monoisotopic (exact) mass is 238 g/mol. The van der Waals surface area contributed by atoms with Crippen LogP contribution in [-0.2, 0) is 0 Å². The van der Waals surface area contributed by atoms with Gasteiger partial charge in [-0.1, -0.05) is 68.2 Å². The molecule has 0 spiro atoms. The van der Waals surface area contributed by atoms with Gasteiger partial charge >= 0.3 is 0 Å². The molecule has 0 radical (unpaired) electrons. The van der Waals surface area contributed by atoms with Gasteiger partial charge in [0, 0.05) is 0 Å². The Bertz CT molecular complexity index is 250. The van der Waals surface area contributed by atoms with Gasteiger partial charge in [-0.2, -0.15) is 0 Å². The lowest BCUT2D eigenvalue weighted by Gasteiger charge is -2.37. The van der Waals surface area contributed by atoms with Gasteiger partial charge in [-0.3, -0.25) is 0 Å². The van der Waals surface area contributed by atoms with Crippen LogP contribution in [0, 0.1) is 28.1 Å². The molecule has 1 saturated carbocycles. The first-order valence-electron chi connectivity index (χ1n) is 7.57. The molecule has 0 amide bonds. The van der Waals surface area contributed by atoms with E-state index in [2.05, 4.69) is 55.4 Å². The highest BCUT2D eigenvalue weighted by Crippen LogP contribution is 2.58. The molecular formula is C17H34. The molecule has 1 rings (SSSR count). The van der Waals surface area contributed by atoms with Gasteiger partial charge in [-0.05, 0) is 40.9 Å². The van der Waals surface area contributed by atoms with E-state index in [4.69, 9.17) is 0 Å². The van der Waals surface area contributed by atoms with Crippen LogP contribution in [0.15, 0.2) is 0 Å². The lowest BCUT2D eigenvalue weighted by Crippen LogP contribution is -2.29. The Labute approximate surface area is 110 Å². The van der Waals surface area contributed by atoms with Crippen LogP contribution in [0.5, 0.6) is 0 Å². The van der Waals surface area contributed by atoms with Crippen molar-refractivity contribution in [2.24, 2.45) is 28.1 Å². The third-order valence-corrected chi connectivity index (χ3v) is 5.88. The third-order valence-electron chi connectivity index (χ3n) is 5.88. The first-order chi connectivity index (χ1) is 7.57. The largest absolute Gasteiger partial charge is 0.0649 e. The first kappa shape index (κ1) is 15.1. The zero-order valence-corrected chi connectivity index (χ0v) is 13.5. The van der Waals surface area contributed by atoms with Crippen molar-refractivity contribution in [3.05, 3.63) is 0 Å². The fourth-order valence-corrected chi connectivity index (χ4v) is 4.35. The topological polar surface area (TPSA) is 0 Å². The van der Waals surface area contributed by atoms with Crippen LogP contribution in [0.1, 0.15) is 81.1 Å². The second-order valence-electron chi connectivity index (χ2n) is 8.41. The molecule has 0 N–H and O–H groups in total.